The highest BCUT2D eigenvalue weighted by Gasteiger charge is 2.31. The molecule has 1 amide bonds. The highest BCUT2D eigenvalue weighted by atomic mass is 19.1. The van der Waals surface area contributed by atoms with Crippen LogP contribution in [-0.4, -0.2) is 31.1 Å². The summed E-state index contributed by atoms with van der Waals surface area (Å²) in [5, 5.41) is 0. The fourth-order valence-electron chi connectivity index (χ4n) is 3.33. The van der Waals surface area contributed by atoms with Crippen molar-refractivity contribution < 1.29 is 18.7 Å². The van der Waals surface area contributed by atoms with Crippen LogP contribution in [0, 0.1) is 5.82 Å². The highest BCUT2D eigenvalue weighted by molar-refractivity contribution is 5.78. The van der Waals surface area contributed by atoms with Crippen LogP contribution in [-0.2, 0) is 17.8 Å². The maximum absolute atomic E-state index is 13.4. The first-order valence-electron chi connectivity index (χ1n) is 8.35. The Labute approximate surface area is 147 Å². The van der Waals surface area contributed by atoms with E-state index in [1.165, 1.54) is 12.1 Å². The Balaban J connectivity index is 1.75. The molecule has 25 heavy (non-hydrogen) atoms. The number of carbonyl (C=O) groups is 1. The van der Waals surface area contributed by atoms with Crippen molar-refractivity contribution in [3.63, 3.8) is 0 Å². The minimum absolute atomic E-state index is 0.105. The van der Waals surface area contributed by atoms with Gasteiger partial charge in [-0.2, -0.15) is 0 Å². The molecule has 0 bridgehead atoms. The molecule has 0 spiro atoms. The summed E-state index contributed by atoms with van der Waals surface area (Å²) in [5.74, 6) is 1.21. The predicted molar refractivity (Wildman–Crippen MR) is 93.2 cm³/mol. The van der Waals surface area contributed by atoms with Crippen LogP contribution in [0.15, 0.2) is 42.5 Å². The van der Waals surface area contributed by atoms with Crippen LogP contribution in [0.5, 0.6) is 11.5 Å². The number of hydrogen-bond acceptors (Lipinski definition) is 3. The van der Waals surface area contributed by atoms with Crippen molar-refractivity contribution in [3.05, 3.63) is 59.4 Å². The zero-order chi connectivity index (χ0) is 17.8. The van der Waals surface area contributed by atoms with Gasteiger partial charge >= 0.3 is 0 Å². The summed E-state index contributed by atoms with van der Waals surface area (Å²) >= 11 is 0. The molecule has 0 N–H and O–H groups in total. The Morgan fingerprint density at radius 3 is 2.60 bits per heavy atom. The molecule has 1 unspecified atom stereocenters. The fourth-order valence-corrected chi connectivity index (χ4v) is 3.33. The second-order valence-electron chi connectivity index (χ2n) is 6.24. The van der Waals surface area contributed by atoms with Gasteiger partial charge in [-0.3, -0.25) is 4.79 Å². The van der Waals surface area contributed by atoms with E-state index >= 15 is 0 Å². The summed E-state index contributed by atoms with van der Waals surface area (Å²) in [6, 6.07) is 12.3. The van der Waals surface area contributed by atoms with E-state index < -0.39 is 0 Å². The molecule has 0 aliphatic carbocycles. The molecule has 4 nitrogen and oxygen atoms in total. The monoisotopic (exact) mass is 343 g/mol. The number of hydrogen-bond donors (Lipinski definition) is 0. The van der Waals surface area contributed by atoms with E-state index in [2.05, 4.69) is 0 Å². The Bertz CT molecular complexity index is 762. The SMILES string of the molecule is COc1ccc(CC2CCC(=O)N2Cc2cccc(F)c2)cc1OC. The van der Waals surface area contributed by atoms with E-state index in [4.69, 9.17) is 9.47 Å². The van der Waals surface area contributed by atoms with Crippen molar-refractivity contribution in [2.75, 3.05) is 14.2 Å². The van der Waals surface area contributed by atoms with Crippen LogP contribution in [0.1, 0.15) is 24.0 Å². The second kappa shape index (κ2) is 7.55. The Kier molecular flexibility index (Phi) is 5.22. The number of rotatable bonds is 6. The molecular weight excluding hydrogens is 321 g/mol. The summed E-state index contributed by atoms with van der Waals surface area (Å²) in [5.41, 5.74) is 1.90. The Morgan fingerprint density at radius 1 is 1.08 bits per heavy atom. The number of ether oxygens (including phenoxy) is 2. The first kappa shape index (κ1) is 17.3. The van der Waals surface area contributed by atoms with Crippen LogP contribution < -0.4 is 9.47 Å². The van der Waals surface area contributed by atoms with Crippen LogP contribution in [0.3, 0.4) is 0 Å². The van der Waals surface area contributed by atoms with Crippen LogP contribution in [0.4, 0.5) is 4.39 Å². The zero-order valence-corrected chi connectivity index (χ0v) is 14.5. The average Bonchev–Trinajstić information content (AvgIpc) is 2.95. The van der Waals surface area contributed by atoms with E-state index in [1.54, 1.807) is 20.3 Å². The molecule has 2 aromatic carbocycles. The van der Waals surface area contributed by atoms with E-state index in [9.17, 15) is 9.18 Å². The standard InChI is InChI=1S/C20H22FNO3/c1-24-18-8-6-14(12-19(18)25-2)11-17-7-9-20(23)22(17)13-15-4-3-5-16(21)10-15/h3-6,8,10,12,17H,7,9,11,13H2,1-2H3. The lowest BCUT2D eigenvalue weighted by Crippen LogP contribution is -2.33. The molecule has 1 heterocycles. The molecule has 2 aromatic rings. The summed E-state index contributed by atoms with van der Waals surface area (Å²) in [7, 11) is 3.21. The third kappa shape index (κ3) is 3.92. The van der Waals surface area contributed by atoms with Crippen LogP contribution in [0.25, 0.3) is 0 Å². The van der Waals surface area contributed by atoms with Gasteiger partial charge < -0.3 is 14.4 Å². The van der Waals surface area contributed by atoms with Gasteiger partial charge in [0.25, 0.3) is 0 Å². The molecule has 1 fully saturated rings. The minimum atomic E-state index is -0.277. The van der Waals surface area contributed by atoms with Gasteiger partial charge in [0.2, 0.25) is 5.91 Å². The van der Waals surface area contributed by atoms with Crippen molar-refractivity contribution >= 4 is 5.91 Å². The molecule has 1 atom stereocenters. The van der Waals surface area contributed by atoms with Crippen molar-refractivity contribution in [1.82, 2.24) is 4.90 Å². The molecule has 5 heteroatoms. The Hall–Kier alpha value is -2.56. The molecule has 0 radical (unpaired) electrons. The molecule has 0 saturated carbocycles. The number of likely N-dealkylation sites (tertiary alicyclic amines) is 1. The smallest absolute Gasteiger partial charge is 0.223 e. The number of methoxy groups -OCH3 is 2. The largest absolute Gasteiger partial charge is 0.493 e. The molecule has 132 valence electrons. The third-order valence-corrected chi connectivity index (χ3v) is 4.61. The number of nitrogens with zero attached hydrogens (tertiary/aromatic N) is 1. The van der Waals surface area contributed by atoms with E-state index in [0.717, 1.165) is 24.0 Å². The fraction of sp³-hybridized carbons (Fsp3) is 0.350. The molecule has 1 saturated heterocycles. The molecule has 3 rings (SSSR count). The maximum atomic E-state index is 13.4. The minimum Gasteiger partial charge on any atom is -0.493 e. The highest BCUT2D eigenvalue weighted by Crippen LogP contribution is 2.30. The molecule has 0 aromatic heterocycles. The summed E-state index contributed by atoms with van der Waals surface area (Å²) in [6.07, 6.45) is 2.08. The summed E-state index contributed by atoms with van der Waals surface area (Å²) in [4.78, 5) is 14.1. The normalized spacial score (nSPS) is 17.0. The summed E-state index contributed by atoms with van der Waals surface area (Å²) in [6.45, 7) is 0.439. The van der Waals surface area contributed by atoms with Gasteiger partial charge in [0.15, 0.2) is 11.5 Å². The van der Waals surface area contributed by atoms with Crippen LogP contribution in [0.2, 0.25) is 0 Å². The van der Waals surface area contributed by atoms with Gasteiger partial charge in [-0.25, -0.2) is 4.39 Å². The second-order valence-corrected chi connectivity index (χ2v) is 6.24. The summed E-state index contributed by atoms with van der Waals surface area (Å²) < 4.78 is 24.0. The predicted octanol–water partition coefficient (Wildman–Crippen LogP) is 3.58. The number of halogens is 1. The third-order valence-electron chi connectivity index (χ3n) is 4.61. The molecular formula is C20H22FNO3. The van der Waals surface area contributed by atoms with Crippen LogP contribution >= 0.6 is 0 Å². The Morgan fingerprint density at radius 2 is 1.88 bits per heavy atom. The number of amides is 1. The molecule has 1 aliphatic rings. The van der Waals surface area contributed by atoms with Crippen molar-refractivity contribution in [2.24, 2.45) is 0 Å². The van der Waals surface area contributed by atoms with Gasteiger partial charge in [-0.15, -0.1) is 0 Å². The van der Waals surface area contributed by atoms with Crippen molar-refractivity contribution in [2.45, 2.75) is 31.8 Å². The van der Waals surface area contributed by atoms with Gasteiger partial charge in [0.05, 0.1) is 14.2 Å². The lowest BCUT2D eigenvalue weighted by Gasteiger charge is -2.25. The quantitative estimate of drug-likeness (QED) is 0.805. The topological polar surface area (TPSA) is 38.8 Å². The van der Waals surface area contributed by atoms with E-state index in [0.29, 0.717) is 24.5 Å². The average molecular weight is 343 g/mol. The van der Waals surface area contributed by atoms with Gasteiger partial charge in [-0.1, -0.05) is 18.2 Å². The van der Waals surface area contributed by atoms with E-state index in [-0.39, 0.29) is 17.8 Å². The maximum Gasteiger partial charge on any atom is 0.223 e. The van der Waals surface area contributed by atoms with Gasteiger partial charge in [0.1, 0.15) is 5.82 Å². The lowest BCUT2D eigenvalue weighted by atomic mass is 10.0. The van der Waals surface area contributed by atoms with Crippen molar-refractivity contribution in [3.8, 4) is 11.5 Å². The number of benzene rings is 2. The number of carbonyl (C=O) groups excluding carboxylic acids is 1. The first-order chi connectivity index (χ1) is 12.1. The van der Waals surface area contributed by atoms with Gasteiger partial charge in [-0.05, 0) is 48.2 Å². The van der Waals surface area contributed by atoms with Crippen molar-refractivity contribution in [1.29, 1.82) is 0 Å². The van der Waals surface area contributed by atoms with Gasteiger partial charge in [0, 0.05) is 19.0 Å². The zero-order valence-electron chi connectivity index (χ0n) is 14.5. The molecule has 1 aliphatic heterocycles. The lowest BCUT2D eigenvalue weighted by molar-refractivity contribution is -0.129. The first-order valence-corrected chi connectivity index (χ1v) is 8.35. The van der Waals surface area contributed by atoms with E-state index in [1.807, 2.05) is 29.2 Å².